The van der Waals surface area contributed by atoms with Crippen LogP contribution in [0.2, 0.25) is 0 Å². The van der Waals surface area contributed by atoms with Crippen molar-refractivity contribution < 1.29 is 18.3 Å². The van der Waals surface area contributed by atoms with Crippen molar-refractivity contribution in [3.8, 4) is 0 Å². The molecule has 0 saturated carbocycles. The summed E-state index contributed by atoms with van der Waals surface area (Å²) in [5, 5.41) is 14.8. The summed E-state index contributed by atoms with van der Waals surface area (Å²) in [6, 6.07) is 4.44. The van der Waals surface area contributed by atoms with E-state index in [1.165, 1.54) is 12.1 Å². The summed E-state index contributed by atoms with van der Waals surface area (Å²) in [5.41, 5.74) is 1.52. The summed E-state index contributed by atoms with van der Waals surface area (Å²) in [6.07, 6.45) is 1.64. The Morgan fingerprint density at radius 1 is 1.32 bits per heavy atom. The fourth-order valence-electron chi connectivity index (χ4n) is 3.05. The standard InChI is InChI=1S/C14H19N3O4S/c15-22(20,21)12-3-4-13-10(8-12)5-7-17(13)14(19)16-6-1-2-11(18)9-16/h3-4,8,11,18H,1-2,5-7,9H2,(H2,15,20,21). The maximum Gasteiger partial charge on any atom is 0.324 e. The summed E-state index contributed by atoms with van der Waals surface area (Å²) in [6.45, 7) is 1.49. The van der Waals surface area contributed by atoms with Crippen molar-refractivity contribution in [2.45, 2.75) is 30.3 Å². The SMILES string of the molecule is NS(=O)(=O)c1ccc2c(c1)CCN2C(=O)N1CCCC(O)C1. The number of nitrogens with zero attached hydrogens (tertiary/aromatic N) is 2. The number of carbonyl (C=O) groups excluding carboxylic acids is 1. The van der Waals surface area contributed by atoms with Crippen molar-refractivity contribution >= 4 is 21.7 Å². The number of anilines is 1. The fourth-order valence-corrected chi connectivity index (χ4v) is 3.62. The molecule has 1 aromatic rings. The van der Waals surface area contributed by atoms with E-state index in [1.807, 2.05) is 0 Å². The zero-order valence-corrected chi connectivity index (χ0v) is 12.9. The molecule has 2 aliphatic heterocycles. The van der Waals surface area contributed by atoms with Gasteiger partial charge in [0.25, 0.3) is 0 Å². The van der Waals surface area contributed by atoms with Gasteiger partial charge in [-0.15, -0.1) is 0 Å². The Kier molecular flexibility index (Phi) is 3.84. The number of nitrogens with two attached hydrogens (primary N) is 1. The van der Waals surface area contributed by atoms with Crippen LogP contribution >= 0.6 is 0 Å². The molecule has 120 valence electrons. The lowest BCUT2D eigenvalue weighted by Crippen LogP contribution is -2.48. The Morgan fingerprint density at radius 3 is 2.77 bits per heavy atom. The predicted molar refractivity (Wildman–Crippen MR) is 81.1 cm³/mol. The fraction of sp³-hybridized carbons (Fsp3) is 0.500. The average Bonchev–Trinajstić information content (AvgIpc) is 2.88. The molecule has 1 atom stereocenters. The monoisotopic (exact) mass is 325 g/mol. The summed E-state index contributed by atoms with van der Waals surface area (Å²) in [5.74, 6) is 0. The zero-order valence-electron chi connectivity index (χ0n) is 12.1. The Hall–Kier alpha value is -1.64. The van der Waals surface area contributed by atoms with Gasteiger partial charge >= 0.3 is 6.03 Å². The molecule has 2 aliphatic rings. The number of sulfonamides is 1. The van der Waals surface area contributed by atoms with Crippen LogP contribution in [0.3, 0.4) is 0 Å². The molecule has 1 aromatic carbocycles. The largest absolute Gasteiger partial charge is 0.391 e. The number of β-amino-alcohol motifs (C(OH)–C–C–N with tert-alkyl or cyclic N) is 1. The third-order valence-corrected chi connectivity index (χ3v) is 5.08. The molecule has 1 unspecified atom stereocenters. The van der Waals surface area contributed by atoms with Gasteiger partial charge in [0.05, 0.1) is 11.0 Å². The quantitative estimate of drug-likeness (QED) is 0.773. The van der Waals surface area contributed by atoms with Crippen LogP contribution in [0.15, 0.2) is 23.1 Å². The van der Waals surface area contributed by atoms with Crippen LogP contribution in [0.5, 0.6) is 0 Å². The highest BCUT2D eigenvalue weighted by molar-refractivity contribution is 7.89. The smallest absolute Gasteiger partial charge is 0.324 e. The van der Waals surface area contributed by atoms with E-state index < -0.39 is 16.1 Å². The van der Waals surface area contributed by atoms with Crippen molar-refractivity contribution in [2.24, 2.45) is 5.14 Å². The first-order valence-corrected chi connectivity index (χ1v) is 8.81. The lowest BCUT2D eigenvalue weighted by atomic mass is 10.1. The zero-order chi connectivity index (χ0) is 15.9. The second kappa shape index (κ2) is 5.53. The van der Waals surface area contributed by atoms with E-state index in [0.29, 0.717) is 26.1 Å². The Labute approximate surface area is 129 Å². The van der Waals surface area contributed by atoms with Gasteiger partial charge in [-0.1, -0.05) is 0 Å². The number of likely N-dealkylation sites (tertiary alicyclic amines) is 1. The normalized spacial score (nSPS) is 21.8. The van der Waals surface area contributed by atoms with Gasteiger partial charge in [-0.3, -0.25) is 4.90 Å². The maximum absolute atomic E-state index is 12.6. The van der Waals surface area contributed by atoms with Crippen LogP contribution in [0, 0.1) is 0 Å². The van der Waals surface area contributed by atoms with Crippen molar-refractivity contribution in [3.05, 3.63) is 23.8 Å². The molecule has 22 heavy (non-hydrogen) atoms. The van der Waals surface area contributed by atoms with Crippen molar-refractivity contribution in [2.75, 3.05) is 24.5 Å². The molecule has 0 aliphatic carbocycles. The van der Waals surface area contributed by atoms with E-state index in [0.717, 1.165) is 24.1 Å². The van der Waals surface area contributed by atoms with Crippen molar-refractivity contribution in [3.63, 3.8) is 0 Å². The molecule has 1 fully saturated rings. The number of piperidine rings is 1. The molecule has 8 heteroatoms. The molecular formula is C14H19N3O4S. The molecule has 0 bridgehead atoms. The van der Waals surface area contributed by atoms with E-state index >= 15 is 0 Å². The second-order valence-corrected chi connectivity index (χ2v) is 7.32. The van der Waals surface area contributed by atoms with Crippen LogP contribution in [-0.2, 0) is 16.4 Å². The molecule has 2 amide bonds. The molecule has 2 heterocycles. The molecule has 3 N–H and O–H groups in total. The minimum Gasteiger partial charge on any atom is -0.391 e. The summed E-state index contributed by atoms with van der Waals surface area (Å²) in [4.78, 5) is 15.9. The third kappa shape index (κ3) is 2.81. The number of carbonyl (C=O) groups is 1. The highest BCUT2D eigenvalue weighted by atomic mass is 32.2. The second-order valence-electron chi connectivity index (χ2n) is 5.76. The first kappa shape index (κ1) is 15.3. The van der Waals surface area contributed by atoms with Gasteiger partial charge in [-0.2, -0.15) is 0 Å². The molecule has 0 spiro atoms. The van der Waals surface area contributed by atoms with Gasteiger partial charge in [0, 0.05) is 25.3 Å². The van der Waals surface area contributed by atoms with E-state index in [2.05, 4.69) is 0 Å². The molecule has 3 rings (SSSR count). The summed E-state index contributed by atoms with van der Waals surface area (Å²) >= 11 is 0. The lowest BCUT2D eigenvalue weighted by molar-refractivity contribution is 0.0865. The van der Waals surface area contributed by atoms with Crippen molar-refractivity contribution in [1.29, 1.82) is 0 Å². The number of aliphatic hydroxyl groups excluding tert-OH is 1. The predicted octanol–water partition coefficient (Wildman–Crippen LogP) is 0.273. The van der Waals surface area contributed by atoms with E-state index in [1.54, 1.807) is 15.9 Å². The van der Waals surface area contributed by atoms with Gasteiger partial charge in [-0.05, 0) is 43.0 Å². The number of fused-ring (bicyclic) bond motifs is 1. The number of benzene rings is 1. The van der Waals surface area contributed by atoms with Gasteiger partial charge < -0.3 is 10.0 Å². The topological polar surface area (TPSA) is 104 Å². The van der Waals surface area contributed by atoms with E-state index in [9.17, 15) is 18.3 Å². The number of urea groups is 1. The third-order valence-electron chi connectivity index (χ3n) is 4.17. The van der Waals surface area contributed by atoms with Crippen LogP contribution in [0.25, 0.3) is 0 Å². The van der Waals surface area contributed by atoms with E-state index in [4.69, 9.17) is 5.14 Å². The van der Waals surface area contributed by atoms with Gasteiger partial charge in [0.1, 0.15) is 0 Å². The lowest BCUT2D eigenvalue weighted by Gasteiger charge is -2.33. The number of primary sulfonamides is 1. The molecule has 7 nitrogen and oxygen atoms in total. The number of hydrogen-bond donors (Lipinski definition) is 2. The minimum absolute atomic E-state index is 0.0638. The van der Waals surface area contributed by atoms with Crippen LogP contribution in [-0.4, -0.2) is 50.2 Å². The van der Waals surface area contributed by atoms with E-state index in [-0.39, 0.29) is 10.9 Å². The summed E-state index contributed by atoms with van der Waals surface area (Å²) < 4.78 is 22.8. The van der Waals surface area contributed by atoms with Crippen LogP contribution < -0.4 is 10.0 Å². The van der Waals surface area contributed by atoms with Gasteiger partial charge in [-0.25, -0.2) is 18.4 Å². The number of hydrogen-bond acceptors (Lipinski definition) is 4. The Balaban J connectivity index is 1.84. The Morgan fingerprint density at radius 2 is 2.09 bits per heavy atom. The highest BCUT2D eigenvalue weighted by Gasteiger charge is 2.31. The molecule has 0 radical (unpaired) electrons. The number of rotatable bonds is 1. The van der Waals surface area contributed by atoms with Gasteiger partial charge in [0.2, 0.25) is 10.0 Å². The number of amides is 2. The van der Waals surface area contributed by atoms with Gasteiger partial charge in [0.15, 0.2) is 0 Å². The Bertz CT molecular complexity index is 704. The highest BCUT2D eigenvalue weighted by Crippen LogP contribution is 2.31. The average molecular weight is 325 g/mol. The van der Waals surface area contributed by atoms with Crippen molar-refractivity contribution in [1.82, 2.24) is 4.90 Å². The van der Waals surface area contributed by atoms with Crippen LogP contribution in [0.4, 0.5) is 10.5 Å². The minimum atomic E-state index is -3.74. The van der Waals surface area contributed by atoms with Crippen LogP contribution in [0.1, 0.15) is 18.4 Å². The number of aliphatic hydroxyl groups is 1. The molecule has 0 aromatic heterocycles. The summed E-state index contributed by atoms with van der Waals surface area (Å²) in [7, 11) is -3.74. The first-order valence-electron chi connectivity index (χ1n) is 7.26. The molecular weight excluding hydrogens is 306 g/mol. The molecule has 1 saturated heterocycles. The first-order chi connectivity index (χ1) is 10.4. The maximum atomic E-state index is 12.6.